The molecule has 0 fully saturated rings. The van der Waals surface area contributed by atoms with E-state index < -0.39 is 0 Å². The van der Waals surface area contributed by atoms with Crippen molar-refractivity contribution >= 4 is 34.3 Å². The molecule has 0 aliphatic rings. The van der Waals surface area contributed by atoms with Crippen molar-refractivity contribution in [3.8, 4) is 0 Å². The molecule has 2 aromatic heterocycles. The molecule has 0 bridgehead atoms. The Kier molecular flexibility index (Phi) is 5.08. The maximum absolute atomic E-state index is 12.7. The Balaban J connectivity index is 1.50. The highest BCUT2D eigenvalue weighted by molar-refractivity contribution is 7.99. The van der Waals surface area contributed by atoms with Crippen molar-refractivity contribution < 1.29 is 4.79 Å². The molecule has 6 nitrogen and oxygen atoms in total. The number of amides is 1. The van der Waals surface area contributed by atoms with Crippen molar-refractivity contribution in [2.24, 2.45) is 7.05 Å². The van der Waals surface area contributed by atoms with Gasteiger partial charge >= 0.3 is 0 Å². The van der Waals surface area contributed by atoms with Gasteiger partial charge in [-0.15, -0.1) is 10.2 Å². The molecular weight excluding hydrogens is 370 g/mol. The second kappa shape index (κ2) is 7.82. The monoisotopic (exact) mass is 389 g/mol. The van der Waals surface area contributed by atoms with Crippen LogP contribution in [0.1, 0.15) is 28.1 Å². The van der Waals surface area contributed by atoms with E-state index in [4.69, 9.17) is 0 Å². The van der Waals surface area contributed by atoms with Crippen LogP contribution >= 0.6 is 11.8 Å². The number of nitrogens with one attached hydrogen (secondary N) is 1. The molecule has 1 amide bonds. The maximum atomic E-state index is 12.7. The number of thioether (sulfide) groups is 1. The van der Waals surface area contributed by atoms with Crippen LogP contribution in [0.3, 0.4) is 0 Å². The summed E-state index contributed by atoms with van der Waals surface area (Å²) < 4.78 is 1.89. The topological polar surface area (TPSA) is 72.7 Å². The number of nitrogens with zero attached hydrogens (tertiary/aromatic N) is 4. The molecule has 4 rings (SSSR count). The molecule has 1 unspecified atom stereocenters. The summed E-state index contributed by atoms with van der Waals surface area (Å²) in [7, 11) is 1.92. The third-order valence-electron chi connectivity index (χ3n) is 4.42. The molecule has 28 heavy (non-hydrogen) atoms. The van der Waals surface area contributed by atoms with Gasteiger partial charge in [0.15, 0.2) is 5.16 Å². The number of hydrogen-bond acceptors (Lipinski definition) is 5. The summed E-state index contributed by atoms with van der Waals surface area (Å²) in [6.07, 6.45) is 3.29. The van der Waals surface area contributed by atoms with E-state index in [1.54, 1.807) is 24.3 Å². The SMILES string of the molecule is CC(Sc1nncn1C)c1cccc(NC(=O)c2cnc3ccccc3c2)c1. The first-order valence-electron chi connectivity index (χ1n) is 8.87. The second-order valence-electron chi connectivity index (χ2n) is 6.48. The minimum absolute atomic E-state index is 0.169. The fourth-order valence-corrected chi connectivity index (χ4v) is 3.78. The van der Waals surface area contributed by atoms with Gasteiger partial charge in [0.25, 0.3) is 5.91 Å². The Labute approximate surface area is 167 Å². The Morgan fingerprint density at radius 2 is 2.00 bits per heavy atom. The fourth-order valence-electron chi connectivity index (χ4n) is 2.87. The summed E-state index contributed by atoms with van der Waals surface area (Å²) in [5.74, 6) is -0.177. The van der Waals surface area contributed by atoms with Crippen molar-refractivity contribution in [2.75, 3.05) is 5.32 Å². The van der Waals surface area contributed by atoms with Crippen molar-refractivity contribution in [3.63, 3.8) is 0 Å². The van der Waals surface area contributed by atoms with E-state index >= 15 is 0 Å². The Morgan fingerprint density at radius 3 is 2.82 bits per heavy atom. The first kappa shape index (κ1) is 18.2. The van der Waals surface area contributed by atoms with Gasteiger partial charge in [-0.25, -0.2) is 0 Å². The number of hydrogen-bond donors (Lipinski definition) is 1. The summed E-state index contributed by atoms with van der Waals surface area (Å²) in [5.41, 5.74) is 3.25. The standard InChI is InChI=1S/C21H19N5OS/c1-14(28-21-25-23-13-26(21)2)15-7-5-8-18(11-15)24-20(27)17-10-16-6-3-4-9-19(16)22-12-17/h3-14H,1-2H3,(H,24,27). The van der Waals surface area contributed by atoms with E-state index in [-0.39, 0.29) is 11.2 Å². The second-order valence-corrected chi connectivity index (χ2v) is 7.79. The number of fused-ring (bicyclic) bond motifs is 1. The molecule has 0 spiro atoms. The van der Waals surface area contributed by atoms with Gasteiger partial charge in [-0.2, -0.15) is 0 Å². The van der Waals surface area contributed by atoms with Gasteiger partial charge in [0.1, 0.15) is 6.33 Å². The zero-order chi connectivity index (χ0) is 19.5. The lowest BCUT2D eigenvalue weighted by Crippen LogP contribution is -2.12. The number of benzene rings is 2. The molecule has 1 N–H and O–H groups in total. The number of aryl methyl sites for hydroxylation is 1. The van der Waals surface area contributed by atoms with Crippen molar-refractivity contribution in [1.29, 1.82) is 0 Å². The number of anilines is 1. The van der Waals surface area contributed by atoms with Gasteiger partial charge in [0.05, 0.1) is 11.1 Å². The van der Waals surface area contributed by atoms with Gasteiger partial charge in [0, 0.05) is 29.6 Å². The number of carbonyl (C=O) groups excluding carboxylic acids is 1. The molecule has 140 valence electrons. The first-order chi connectivity index (χ1) is 13.6. The molecule has 4 aromatic rings. The maximum Gasteiger partial charge on any atom is 0.257 e. The van der Waals surface area contributed by atoms with E-state index in [2.05, 4.69) is 27.4 Å². The lowest BCUT2D eigenvalue weighted by atomic mass is 10.1. The van der Waals surface area contributed by atoms with Gasteiger partial charge in [-0.05, 0) is 36.8 Å². The van der Waals surface area contributed by atoms with E-state index in [9.17, 15) is 4.79 Å². The summed E-state index contributed by atoms with van der Waals surface area (Å²) in [6, 6.07) is 17.5. The normalized spacial score (nSPS) is 12.1. The van der Waals surface area contributed by atoms with Gasteiger partial charge in [0.2, 0.25) is 0 Å². The minimum Gasteiger partial charge on any atom is -0.322 e. The highest BCUT2D eigenvalue weighted by atomic mass is 32.2. The fraction of sp³-hybridized carbons (Fsp3) is 0.143. The number of pyridine rings is 1. The molecule has 2 aromatic carbocycles. The number of carbonyl (C=O) groups is 1. The lowest BCUT2D eigenvalue weighted by Gasteiger charge is -2.13. The van der Waals surface area contributed by atoms with Crippen LogP contribution in [0.2, 0.25) is 0 Å². The Morgan fingerprint density at radius 1 is 1.14 bits per heavy atom. The highest BCUT2D eigenvalue weighted by Crippen LogP contribution is 2.34. The van der Waals surface area contributed by atoms with Crippen LogP contribution in [-0.4, -0.2) is 25.7 Å². The summed E-state index contributed by atoms with van der Waals surface area (Å²) in [5, 5.41) is 13.0. The first-order valence-corrected chi connectivity index (χ1v) is 9.75. The quantitative estimate of drug-likeness (QED) is 0.510. The zero-order valence-corrected chi connectivity index (χ0v) is 16.4. The van der Waals surface area contributed by atoms with Crippen molar-refractivity contribution in [3.05, 3.63) is 78.2 Å². The summed E-state index contributed by atoms with van der Waals surface area (Å²) in [4.78, 5) is 17.0. The molecular formula is C21H19N5OS. The highest BCUT2D eigenvalue weighted by Gasteiger charge is 2.13. The van der Waals surface area contributed by atoms with E-state index in [0.717, 1.165) is 27.3 Å². The number of aromatic nitrogens is 4. The third kappa shape index (κ3) is 3.89. The molecule has 0 saturated heterocycles. The van der Waals surface area contributed by atoms with Crippen molar-refractivity contribution in [1.82, 2.24) is 19.7 Å². The van der Waals surface area contributed by atoms with Crippen LogP contribution < -0.4 is 5.32 Å². The van der Waals surface area contributed by atoms with Crippen LogP contribution in [-0.2, 0) is 7.05 Å². The van der Waals surface area contributed by atoms with E-state index in [0.29, 0.717) is 5.56 Å². The van der Waals surface area contributed by atoms with Crippen molar-refractivity contribution in [2.45, 2.75) is 17.3 Å². The largest absolute Gasteiger partial charge is 0.322 e. The summed E-state index contributed by atoms with van der Waals surface area (Å²) in [6.45, 7) is 2.10. The lowest BCUT2D eigenvalue weighted by molar-refractivity contribution is 0.102. The number of rotatable bonds is 5. The van der Waals surface area contributed by atoms with E-state index in [1.807, 2.05) is 66.2 Å². The van der Waals surface area contributed by atoms with Gasteiger partial charge in [-0.3, -0.25) is 9.78 Å². The third-order valence-corrected chi connectivity index (χ3v) is 5.62. The molecule has 7 heteroatoms. The molecule has 0 aliphatic carbocycles. The molecule has 1 atom stereocenters. The molecule has 0 radical (unpaired) electrons. The Bertz CT molecular complexity index is 1140. The molecule has 0 saturated carbocycles. The van der Waals surface area contributed by atoms with Crippen LogP contribution in [0.4, 0.5) is 5.69 Å². The molecule has 2 heterocycles. The average Bonchev–Trinajstić information content (AvgIpc) is 3.12. The predicted molar refractivity (Wildman–Crippen MR) is 111 cm³/mol. The van der Waals surface area contributed by atoms with Gasteiger partial charge in [-0.1, -0.05) is 42.1 Å². The van der Waals surface area contributed by atoms with Crippen LogP contribution in [0.5, 0.6) is 0 Å². The van der Waals surface area contributed by atoms with Crippen LogP contribution in [0, 0.1) is 0 Å². The minimum atomic E-state index is -0.177. The Hall–Kier alpha value is -3.19. The number of para-hydroxylation sites is 1. The van der Waals surface area contributed by atoms with Gasteiger partial charge < -0.3 is 9.88 Å². The average molecular weight is 389 g/mol. The zero-order valence-electron chi connectivity index (χ0n) is 15.5. The van der Waals surface area contributed by atoms with E-state index in [1.165, 1.54) is 0 Å². The molecule has 0 aliphatic heterocycles. The van der Waals surface area contributed by atoms with Crippen LogP contribution in [0.15, 0.2) is 72.3 Å². The summed E-state index contributed by atoms with van der Waals surface area (Å²) >= 11 is 1.62. The smallest absolute Gasteiger partial charge is 0.257 e. The van der Waals surface area contributed by atoms with Crippen LogP contribution in [0.25, 0.3) is 10.9 Å². The predicted octanol–water partition coefficient (Wildman–Crippen LogP) is 4.47.